The van der Waals surface area contributed by atoms with Crippen LogP contribution in [0.2, 0.25) is 0 Å². The predicted molar refractivity (Wildman–Crippen MR) is 65.8 cm³/mol. The van der Waals surface area contributed by atoms with Crippen molar-refractivity contribution in [2.75, 3.05) is 6.61 Å². The minimum Gasteiger partial charge on any atom is -0.489 e. The molecule has 0 radical (unpaired) electrons. The van der Waals surface area contributed by atoms with E-state index in [4.69, 9.17) is 9.84 Å². The molecule has 0 saturated carbocycles. The van der Waals surface area contributed by atoms with E-state index in [9.17, 15) is 4.79 Å². The van der Waals surface area contributed by atoms with Crippen molar-refractivity contribution >= 4 is 21.9 Å². The lowest BCUT2D eigenvalue weighted by Crippen LogP contribution is -2.01. The predicted octanol–water partition coefficient (Wildman–Crippen LogP) is 3.17. The molecule has 0 amide bonds. The van der Waals surface area contributed by atoms with Gasteiger partial charge in [-0.1, -0.05) is 22.0 Å². The zero-order chi connectivity index (χ0) is 12.1. The molecule has 0 aromatic heterocycles. The second kappa shape index (κ2) is 5.70. The smallest absolute Gasteiger partial charge is 0.331 e. The van der Waals surface area contributed by atoms with Gasteiger partial charge >= 0.3 is 5.97 Å². The van der Waals surface area contributed by atoms with Crippen LogP contribution in [0.15, 0.2) is 34.3 Å². The Morgan fingerprint density at radius 2 is 2.25 bits per heavy atom. The Kier molecular flexibility index (Phi) is 4.55. The molecule has 4 heteroatoms. The van der Waals surface area contributed by atoms with Gasteiger partial charge in [0.2, 0.25) is 0 Å². The normalized spacial score (nSPS) is 11.3. The van der Waals surface area contributed by atoms with E-state index in [0.717, 1.165) is 15.8 Å². The lowest BCUT2D eigenvalue weighted by atomic mass is 10.2. The van der Waals surface area contributed by atoms with E-state index in [1.165, 1.54) is 0 Å². The summed E-state index contributed by atoms with van der Waals surface area (Å²) in [5.41, 5.74) is 1.30. The largest absolute Gasteiger partial charge is 0.489 e. The van der Waals surface area contributed by atoms with Gasteiger partial charge < -0.3 is 9.84 Å². The highest BCUT2D eigenvalue weighted by Gasteiger charge is 2.01. The number of rotatable bonds is 4. The molecule has 0 heterocycles. The molecule has 0 bridgehead atoms. The van der Waals surface area contributed by atoms with E-state index in [2.05, 4.69) is 15.9 Å². The summed E-state index contributed by atoms with van der Waals surface area (Å²) in [5.74, 6) is -0.168. The molecule has 3 nitrogen and oxygen atoms in total. The van der Waals surface area contributed by atoms with Crippen molar-refractivity contribution < 1.29 is 14.6 Å². The Morgan fingerprint density at radius 3 is 2.88 bits per heavy atom. The van der Waals surface area contributed by atoms with Gasteiger partial charge in [-0.05, 0) is 37.6 Å². The summed E-state index contributed by atoms with van der Waals surface area (Å²) in [5, 5.41) is 8.65. The maximum Gasteiger partial charge on any atom is 0.331 e. The fourth-order valence-corrected chi connectivity index (χ4v) is 1.41. The van der Waals surface area contributed by atoms with Crippen molar-refractivity contribution in [2.45, 2.75) is 13.8 Å². The van der Waals surface area contributed by atoms with Crippen molar-refractivity contribution in [3.63, 3.8) is 0 Å². The van der Waals surface area contributed by atoms with Crippen LogP contribution in [-0.4, -0.2) is 17.7 Å². The van der Waals surface area contributed by atoms with Crippen LogP contribution < -0.4 is 4.74 Å². The number of hydrogen-bond donors (Lipinski definition) is 1. The van der Waals surface area contributed by atoms with Gasteiger partial charge in [-0.2, -0.15) is 0 Å². The zero-order valence-corrected chi connectivity index (χ0v) is 10.7. The summed E-state index contributed by atoms with van der Waals surface area (Å²) >= 11 is 3.35. The third-order valence-electron chi connectivity index (χ3n) is 2.12. The Bertz CT molecular complexity index is 424. The minimum atomic E-state index is -0.922. The highest BCUT2D eigenvalue weighted by atomic mass is 79.9. The van der Waals surface area contributed by atoms with Crippen LogP contribution >= 0.6 is 15.9 Å². The first-order chi connectivity index (χ1) is 7.50. The second-order valence-electron chi connectivity index (χ2n) is 3.41. The van der Waals surface area contributed by atoms with Gasteiger partial charge in [0.15, 0.2) is 0 Å². The zero-order valence-electron chi connectivity index (χ0n) is 9.16. The molecule has 0 aliphatic rings. The van der Waals surface area contributed by atoms with E-state index in [1.807, 2.05) is 25.1 Å². The SMILES string of the molecule is C/C(=C/COc1cc(Br)ccc1C)C(=O)O. The molecule has 0 unspecified atom stereocenters. The Morgan fingerprint density at radius 1 is 1.56 bits per heavy atom. The first-order valence-corrected chi connectivity index (χ1v) is 5.59. The number of hydrogen-bond acceptors (Lipinski definition) is 2. The summed E-state index contributed by atoms with van der Waals surface area (Å²) in [6, 6.07) is 5.73. The molecule has 1 N–H and O–H groups in total. The molecule has 0 aliphatic carbocycles. The molecule has 0 atom stereocenters. The van der Waals surface area contributed by atoms with Crippen LogP contribution in [0.5, 0.6) is 5.75 Å². The Labute approximate surface area is 103 Å². The van der Waals surface area contributed by atoms with Gasteiger partial charge in [0.1, 0.15) is 12.4 Å². The molecule has 1 aromatic rings. The number of ether oxygens (including phenoxy) is 1. The highest BCUT2D eigenvalue weighted by Crippen LogP contribution is 2.22. The lowest BCUT2D eigenvalue weighted by molar-refractivity contribution is -0.132. The standard InChI is InChI=1S/C12H13BrO3/c1-8-3-4-10(13)7-11(8)16-6-5-9(2)12(14)15/h3-5,7H,6H2,1-2H3,(H,14,15)/b9-5-. The first-order valence-electron chi connectivity index (χ1n) is 4.79. The van der Waals surface area contributed by atoms with Gasteiger partial charge in [0.05, 0.1) is 0 Å². The Hall–Kier alpha value is -1.29. The molecule has 16 heavy (non-hydrogen) atoms. The first kappa shape index (κ1) is 12.8. The molecule has 1 aromatic carbocycles. The number of carbonyl (C=O) groups is 1. The molecule has 0 aliphatic heterocycles. The average Bonchev–Trinajstić information content (AvgIpc) is 2.22. The van der Waals surface area contributed by atoms with Gasteiger partial charge in [-0.25, -0.2) is 4.79 Å². The number of carboxylic acids is 1. The van der Waals surface area contributed by atoms with E-state index >= 15 is 0 Å². The summed E-state index contributed by atoms with van der Waals surface area (Å²) in [6.45, 7) is 3.74. The number of benzene rings is 1. The van der Waals surface area contributed by atoms with Gasteiger partial charge in [-0.15, -0.1) is 0 Å². The monoisotopic (exact) mass is 284 g/mol. The average molecular weight is 285 g/mol. The van der Waals surface area contributed by atoms with E-state index in [1.54, 1.807) is 13.0 Å². The fourth-order valence-electron chi connectivity index (χ4n) is 1.07. The van der Waals surface area contributed by atoms with Crippen molar-refractivity contribution in [1.29, 1.82) is 0 Å². The third kappa shape index (κ3) is 3.70. The third-order valence-corrected chi connectivity index (χ3v) is 2.61. The number of halogens is 1. The second-order valence-corrected chi connectivity index (χ2v) is 4.33. The van der Waals surface area contributed by atoms with Gasteiger partial charge in [-0.3, -0.25) is 0 Å². The molecular weight excluding hydrogens is 272 g/mol. The number of carboxylic acid groups (broad SMARTS) is 1. The van der Waals surface area contributed by atoms with E-state index in [-0.39, 0.29) is 12.2 Å². The summed E-state index contributed by atoms with van der Waals surface area (Å²) in [7, 11) is 0. The molecular formula is C12H13BrO3. The van der Waals surface area contributed by atoms with Crippen LogP contribution in [0, 0.1) is 6.92 Å². The van der Waals surface area contributed by atoms with Crippen molar-refractivity contribution in [2.24, 2.45) is 0 Å². The number of aliphatic carboxylic acids is 1. The Balaban J connectivity index is 2.65. The summed E-state index contributed by atoms with van der Waals surface area (Å²) < 4.78 is 6.41. The van der Waals surface area contributed by atoms with Gasteiger partial charge in [0, 0.05) is 10.0 Å². The van der Waals surface area contributed by atoms with Crippen molar-refractivity contribution in [3.8, 4) is 5.75 Å². The fraction of sp³-hybridized carbons (Fsp3) is 0.250. The molecule has 1 rings (SSSR count). The maximum atomic E-state index is 10.5. The quantitative estimate of drug-likeness (QED) is 0.864. The van der Waals surface area contributed by atoms with Crippen LogP contribution in [0.1, 0.15) is 12.5 Å². The molecule has 0 fully saturated rings. The van der Waals surface area contributed by atoms with Crippen LogP contribution in [0.4, 0.5) is 0 Å². The van der Waals surface area contributed by atoms with Crippen molar-refractivity contribution in [3.05, 3.63) is 39.9 Å². The molecule has 86 valence electrons. The molecule has 0 saturated heterocycles. The topological polar surface area (TPSA) is 46.5 Å². The molecule has 0 spiro atoms. The van der Waals surface area contributed by atoms with Crippen LogP contribution in [0.3, 0.4) is 0 Å². The summed E-state index contributed by atoms with van der Waals surface area (Å²) in [6.07, 6.45) is 1.54. The van der Waals surface area contributed by atoms with Crippen molar-refractivity contribution in [1.82, 2.24) is 0 Å². The minimum absolute atomic E-state index is 0.259. The van der Waals surface area contributed by atoms with E-state index in [0.29, 0.717) is 0 Å². The highest BCUT2D eigenvalue weighted by molar-refractivity contribution is 9.10. The number of aryl methyl sites for hydroxylation is 1. The summed E-state index contributed by atoms with van der Waals surface area (Å²) in [4.78, 5) is 10.5. The maximum absolute atomic E-state index is 10.5. The van der Waals surface area contributed by atoms with Gasteiger partial charge in [0.25, 0.3) is 0 Å². The van der Waals surface area contributed by atoms with Crippen LogP contribution in [0.25, 0.3) is 0 Å². The lowest BCUT2D eigenvalue weighted by Gasteiger charge is -2.07. The van der Waals surface area contributed by atoms with E-state index < -0.39 is 5.97 Å². The van der Waals surface area contributed by atoms with Crippen LogP contribution in [-0.2, 0) is 4.79 Å².